The van der Waals surface area contributed by atoms with E-state index in [9.17, 15) is 14.0 Å². The highest BCUT2D eigenvalue weighted by Gasteiger charge is 2.15. The third-order valence-electron chi connectivity index (χ3n) is 4.78. The van der Waals surface area contributed by atoms with Gasteiger partial charge in [0.1, 0.15) is 24.1 Å². The zero-order valence-electron chi connectivity index (χ0n) is 15.9. The summed E-state index contributed by atoms with van der Waals surface area (Å²) in [5.74, 6) is -0.914. The fraction of sp³-hybridized carbons (Fsp3) is 0.143. The monoisotopic (exact) mass is 391 g/mol. The molecule has 0 bridgehead atoms. The molecule has 4 aromatic rings. The van der Waals surface area contributed by atoms with Crippen LogP contribution in [0.3, 0.4) is 0 Å². The number of aryl methyl sites for hydroxylation is 1. The summed E-state index contributed by atoms with van der Waals surface area (Å²) < 4.78 is 16.1. The van der Waals surface area contributed by atoms with Gasteiger partial charge in [0.25, 0.3) is 5.56 Å². The van der Waals surface area contributed by atoms with Crippen LogP contribution in [0.1, 0.15) is 11.1 Å². The van der Waals surface area contributed by atoms with E-state index in [1.54, 1.807) is 10.7 Å². The molecule has 29 heavy (non-hydrogen) atoms. The largest absolute Gasteiger partial charge is 0.324 e. The molecule has 0 saturated heterocycles. The summed E-state index contributed by atoms with van der Waals surface area (Å²) in [4.78, 5) is 29.4. The summed E-state index contributed by atoms with van der Waals surface area (Å²) in [5.41, 5.74) is 3.35. The summed E-state index contributed by atoms with van der Waals surface area (Å²) in [7, 11) is 0. The van der Waals surface area contributed by atoms with Crippen LogP contribution in [-0.2, 0) is 11.3 Å². The van der Waals surface area contributed by atoms with Crippen molar-refractivity contribution in [3.05, 3.63) is 82.3 Å². The number of hydrogen-bond acceptors (Lipinski definition) is 4. The van der Waals surface area contributed by atoms with E-state index >= 15 is 0 Å². The van der Waals surface area contributed by atoms with Crippen molar-refractivity contribution in [3.63, 3.8) is 0 Å². The zero-order chi connectivity index (χ0) is 20.5. The van der Waals surface area contributed by atoms with Gasteiger partial charge in [-0.2, -0.15) is 5.10 Å². The molecule has 2 aromatic heterocycles. The van der Waals surface area contributed by atoms with E-state index in [0.29, 0.717) is 16.7 Å². The van der Waals surface area contributed by atoms with Gasteiger partial charge in [-0.3, -0.25) is 14.2 Å². The number of anilines is 1. The molecule has 146 valence electrons. The van der Waals surface area contributed by atoms with Crippen LogP contribution in [0.25, 0.3) is 16.7 Å². The predicted molar refractivity (Wildman–Crippen MR) is 108 cm³/mol. The Labute approximate surface area is 165 Å². The second-order valence-corrected chi connectivity index (χ2v) is 6.75. The number of nitrogens with zero attached hydrogens (tertiary/aromatic N) is 4. The first kappa shape index (κ1) is 18.5. The lowest BCUT2D eigenvalue weighted by molar-refractivity contribution is -0.116. The van der Waals surface area contributed by atoms with Gasteiger partial charge < -0.3 is 5.32 Å². The Balaban J connectivity index is 1.64. The van der Waals surface area contributed by atoms with Crippen LogP contribution in [-0.4, -0.2) is 25.2 Å². The van der Waals surface area contributed by atoms with Crippen molar-refractivity contribution in [2.75, 3.05) is 5.32 Å². The standard InChI is InChI=1S/C21H18FN5O2/c1-13-5-3-8-18(14(13)2)27-20-17(10-24-27)21(29)26(12-23-20)11-19(28)25-16-7-4-6-15(22)9-16/h3-10,12H,11H2,1-2H3,(H,25,28). The maximum atomic E-state index is 13.3. The lowest BCUT2D eigenvalue weighted by Crippen LogP contribution is -2.27. The molecule has 0 spiro atoms. The van der Waals surface area contributed by atoms with Crippen LogP contribution in [0.4, 0.5) is 10.1 Å². The number of rotatable bonds is 4. The third kappa shape index (κ3) is 3.52. The van der Waals surface area contributed by atoms with E-state index < -0.39 is 11.7 Å². The molecule has 2 aromatic carbocycles. The third-order valence-corrected chi connectivity index (χ3v) is 4.78. The number of amides is 1. The molecule has 0 fully saturated rings. The molecule has 0 aliphatic carbocycles. The lowest BCUT2D eigenvalue weighted by Gasteiger charge is -2.10. The average molecular weight is 391 g/mol. The number of nitrogens with one attached hydrogen (secondary N) is 1. The number of fused-ring (bicyclic) bond motifs is 1. The van der Waals surface area contributed by atoms with Crippen molar-refractivity contribution in [2.45, 2.75) is 20.4 Å². The minimum absolute atomic E-state index is 0.243. The first-order chi connectivity index (χ1) is 13.9. The molecule has 0 unspecified atom stereocenters. The molecule has 0 atom stereocenters. The van der Waals surface area contributed by atoms with Gasteiger partial charge in [-0.05, 0) is 49.2 Å². The molecular formula is C21H18FN5O2. The molecule has 8 heteroatoms. The molecule has 1 N–H and O–H groups in total. The van der Waals surface area contributed by atoms with Gasteiger partial charge in [0, 0.05) is 5.69 Å². The van der Waals surface area contributed by atoms with E-state index in [1.165, 1.54) is 35.3 Å². The topological polar surface area (TPSA) is 81.8 Å². The number of halogens is 1. The van der Waals surface area contributed by atoms with Crippen LogP contribution in [0.15, 0.2) is 59.8 Å². The number of aromatic nitrogens is 4. The van der Waals surface area contributed by atoms with Gasteiger partial charge in [0.05, 0.1) is 11.9 Å². The number of hydrogen-bond donors (Lipinski definition) is 1. The van der Waals surface area contributed by atoms with Gasteiger partial charge in [-0.15, -0.1) is 0 Å². The maximum absolute atomic E-state index is 13.3. The minimum atomic E-state index is -0.458. The molecule has 0 radical (unpaired) electrons. The highest BCUT2D eigenvalue weighted by atomic mass is 19.1. The first-order valence-corrected chi connectivity index (χ1v) is 8.99. The van der Waals surface area contributed by atoms with Gasteiger partial charge in [-0.25, -0.2) is 14.1 Å². The Morgan fingerprint density at radius 2 is 1.97 bits per heavy atom. The molecule has 7 nitrogen and oxygen atoms in total. The Bertz CT molecular complexity index is 1290. The molecule has 0 saturated carbocycles. The van der Waals surface area contributed by atoms with Gasteiger partial charge in [-0.1, -0.05) is 18.2 Å². The zero-order valence-corrected chi connectivity index (χ0v) is 15.9. The molecule has 4 rings (SSSR count). The predicted octanol–water partition coefficient (Wildman–Crippen LogP) is 2.98. The summed E-state index contributed by atoms with van der Waals surface area (Å²) in [6.45, 7) is 3.74. The van der Waals surface area contributed by atoms with Gasteiger partial charge in [0.2, 0.25) is 5.91 Å². The number of benzene rings is 2. The second kappa shape index (κ2) is 7.31. The van der Waals surface area contributed by atoms with Crippen molar-refractivity contribution in [1.82, 2.24) is 19.3 Å². The SMILES string of the molecule is Cc1cccc(-n2ncc3c(=O)n(CC(=O)Nc4cccc(F)c4)cnc32)c1C. The Kier molecular flexibility index (Phi) is 4.67. The van der Waals surface area contributed by atoms with E-state index in [1.807, 2.05) is 32.0 Å². The first-order valence-electron chi connectivity index (χ1n) is 8.99. The van der Waals surface area contributed by atoms with Crippen molar-refractivity contribution in [1.29, 1.82) is 0 Å². The van der Waals surface area contributed by atoms with Gasteiger partial charge in [0.15, 0.2) is 5.65 Å². The van der Waals surface area contributed by atoms with E-state index in [-0.39, 0.29) is 12.1 Å². The highest BCUT2D eigenvalue weighted by Crippen LogP contribution is 2.20. The van der Waals surface area contributed by atoms with Crippen LogP contribution in [0.2, 0.25) is 0 Å². The normalized spacial score (nSPS) is 11.0. The van der Waals surface area contributed by atoms with E-state index in [2.05, 4.69) is 15.4 Å². The van der Waals surface area contributed by atoms with E-state index in [0.717, 1.165) is 16.8 Å². The van der Waals surface area contributed by atoms with Crippen molar-refractivity contribution in [3.8, 4) is 5.69 Å². The smallest absolute Gasteiger partial charge is 0.264 e. The Morgan fingerprint density at radius 1 is 1.17 bits per heavy atom. The molecular weight excluding hydrogens is 373 g/mol. The van der Waals surface area contributed by atoms with Crippen molar-refractivity contribution >= 4 is 22.6 Å². The summed E-state index contributed by atoms with van der Waals surface area (Å²) in [6, 6.07) is 11.4. The number of carbonyl (C=O) groups is 1. The Morgan fingerprint density at radius 3 is 2.76 bits per heavy atom. The highest BCUT2D eigenvalue weighted by molar-refractivity contribution is 5.90. The van der Waals surface area contributed by atoms with Crippen LogP contribution in [0.5, 0.6) is 0 Å². The van der Waals surface area contributed by atoms with Crippen molar-refractivity contribution in [2.24, 2.45) is 0 Å². The van der Waals surface area contributed by atoms with Crippen LogP contribution in [0, 0.1) is 19.7 Å². The van der Waals surface area contributed by atoms with Crippen LogP contribution >= 0.6 is 0 Å². The lowest BCUT2D eigenvalue weighted by atomic mass is 10.1. The fourth-order valence-electron chi connectivity index (χ4n) is 3.12. The Hall–Kier alpha value is -3.81. The van der Waals surface area contributed by atoms with Crippen LogP contribution < -0.4 is 10.9 Å². The van der Waals surface area contributed by atoms with Gasteiger partial charge >= 0.3 is 0 Å². The summed E-state index contributed by atoms with van der Waals surface area (Å²) >= 11 is 0. The quantitative estimate of drug-likeness (QED) is 0.580. The summed E-state index contributed by atoms with van der Waals surface area (Å²) in [5, 5.41) is 7.20. The molecule has 0 aliphatic rings. The molecule has 1 amide bonds. The second-order valence-electron chi connectivity index (χ2n) is 6.75. The molecule has 0 aliphatic heterocycles. The fourth-order valence-corrected chi connectivity index (χ4v) is 3.12. The minimum Gasteiger partial charge on any atom is -0.324 e. The average Bonchev–Trinajstić information content (AvgIpc) is 3.11. The van der Waals surface area contributed by atoms with E-state index in [4.69, 9.17) is 0 Å². The van der Waals surface area contributed by atoms with Crippen molar-refractivity contribution < 1.29 is 9.18 Å². The molecule has 2 heterocycles. The number of carbonyl (C=O) groups excluding carboxylic acids is 1. The summed E-state index contributed by atoms with van der Waals surface area (Å²) in [6.07, 6.45) is 2.77. The maximum Gasteiger partial charge on any atom is 0.264 e.